The summed E-state index contributed by atoms with van der Waals surface area (Å²) in [7, 11) is 3.74. The minimum absolute atomic E-state index is 0.00507. The Morgan fingerprint density at radius 2 is 1.13 bits per heavy atom. The van der Waals surface area contributed by atoms with Crippen molar-refractivity contribution in [2.45, 2.75) is 116 Å². The molecule has 0 unspecified atom stereocenters. The first-order valence-corrected chi connectivity index (χ1v) is 31.2. The van der Waals surface area contributed by atoms with Crippen LogP contribution in [0.5, 0.6) is 0 Å². The standard InChI is InChI=1S/C31H39N7O.C26H29N5O2.C10H20N2O2/c1-37-29-7-6-22(18-23(29)19-30(37)31(39)35-24-8-12-32-13-9-24)27-20-28(25-21-33-14-10-26(25)36-27)34-11-5-17-38-15-3-2-4-16-38;1-30-24-7-6-18(14-19(24)15-25(30)26(32)33)22-16-23(20-17-27-10-8-21(20)29-22)28-9-5-13-31-11-3-2-4-12-31;1-10(2,3)14-9(13)12-6-4-8(11)5-7-12/h6-7,10,14,18-21,24,32H,2-5,8-9,11-13,15-17H2,1H3,(H,34,36)(H,35,39);6-8,10,14-17H,2-5,9,11-13H2,1H3,(H,28,29)(H,32,33);8H,4-7,11H2,1-3H3. The molecule has 0 atom stereocenters. The number of rotatable bonds is 15. The second-order valence-electron chi connectivity index (χ2n) is 24.6. The molecule has 86 heavy (non-hydrogen) atoms. The molecule has 12 rings (SSSR count). The van der Waals surface area contributed by atoms with Gasteiger partial charge >= 0.3 is 12.1 Å². The summed E-state index contributed by atoms with van der Waals surface area (Å²) in [5.41, 5.74) is 15.9. The number of carbonyl (C=O) groups is 3. The van der Waals surface area contributed by atoms with Crippen molar-refractivity contribution in [1.82, 2.24) is 54.4 Å². The molecule has 4 fully saturated rings. The number of anilines is 2. The Bertz CT molecular complexity index is 3600. The van der Waals surface area contributed by atoms with Crippen LogP contribution in [0.15, 0.2) is 97.6 Å². The van der Waals surface area contributed by atoms with Crippen LogP contribution in [-0.4, -0.2) is 163 Å². The van der Waals surface area contributed by atoms with Gasteiger partial charge in [-0.2, -0.15) is 0 Å². The normalized spacial score (nSPS) is 16.6. The number of nitrogens with two attached hydrogens (primary N) is 1. The zero-order chi connectivity index (χ0) is 60.2. The van der Waals surface area contributed by atoms with Crippen molar-refractivity contribution >= 4 is 73.0 Å². The zero-order valence-corrected chi connectivity index (χ0v) is 51.0. The Hall–Kier alpha value is -7.71. The van der Waals surface area contributed by atoms with Crippen LogP contribution in [0.25, 0.3) is 66.1 Å². The van der Waals surface area contributed by atoms with Gasteiger partial charge in [0.1, 0.15) is 17.0 Å². The van der Waals surface area contributed by atoms with Crippen LogP contribution >= 0.6 is 0 Å². The summed E-state index contributed by atoms with van der Waals surface area (Å²) < 4.78 is 8.95. The lowest BCUT2D eigenvalue weighted by Crippen LogP contribution is -2.44. The molecule has 4 saturated heterocycles. The maximum atomic E-state index is 13.1. The van der Waals surface area contributed by atoms with Crippen molar-refractivity contribution in [3.05, 3.63) is 109 Å². The minimum Gasteiger partial charge on any atom is -0.477 e. The molecular formula is C67H88N14O5. The predicted octanol–water partition coefficient (Wildman–Crippen LogP) is 10.7. The maximum absolute atomic E-state index is 13.1. The van der Waals surface area contributed by atoms with E-state index in [2.05, 4.69) is 71.4 Å². The van der Waals surface area contributed by atoms with Gasteiger partial charge in [-0.3, -0.25) is 14.8 Å². The fraction of sp³-hybridized carbons (Fsp3) is 0.478. The number of aromatic carboxylic acids is 1. The summed E-state index contributed by atoms with van der Waals surface area (Å²) in [5, 5.41) is 27.3. The number of fused-ring (bicyclic) bond motifs is 4. The first-order chi connectivity index (χ1) is 41.6. The van der Waals surface area contributed by atoms with E-state index in [-0.39, 0.29) is 29.8 Å². The molecule has 6 aromatic heterocycles. The molecular weight excluding hydrogens is 1080 g/mol. The number of carboxylic acids is 1. The molecule has 19 nitrogen and oxygen atoms in total. The van der Waals surface area contributed by atoms with E-state index in [0.29, 0.717) is 5.69 Å². The van der Waals surface area contributed by atoms with Crippen LogP contribution in [0.2, 0.25) is 0 Å². The number of hydrogen-bond acceptors (Lipinski definition) is 14. The van der Waals surface area contributed by atoms with E-state index >= 15 is 0 Å². The molecule has 2 amide bonds. The van der Waals surface area contributed by atoms with Crippen LogP contribution in [0.4, 0.5) is 16.2 Å². The molecule has 0 aliphatic carbocycles. The molecule has 0 bridgehead atoms. The van der Waals surface area contributed by atoms with Crippen molar-refractivity contribution in [1.29, 1.82) is 0 Å². The summed E-state index contributed by atoms with van der Waals surface area (Å²) >= 11 is 0. The number of hydrogen-bond donors (Lipinski definition) is 6. The summed E-state index contributed by atoms with van der Waals surface area (Å²) in [6, 6.07) is 24.6. The number of ether oxygens (including phenoxy) is 1. The van der Waals surface area contributed by atoms with Crippen LogP contribution < -0.4 is 27.0 Å². The number of carboxylic acid groups (broad SMARTS) is 1. The topological polar surface area (TPSA) is 226 Å². The largest absolute Gasteiger partial charge is 0.477 e. The van der Waals surface area contributed by atoms with E-state index in [1.165, 1.54) is 64.7 Å². The van der Waals surface area contributed by atoms with Crippen molar-refractivity contribution in [2.24, 2.45) is 19.8 Å². The molecule has 4 aliphatic rings. The summed E-state index contributed by atoms with van der Waals surface area (Å²) in [6.45, 7) is 17.9. The highest BCUT2D eigenvalue weighted by molar-refractivity contribution is 6.01. The fourth-order valence-corrected chi connectivity index (χ4v) is 12.2. The number of pyridine rings is 4. The van der Waals surface area contributed by atoms with E-state index in [4.69, 9.17) is 20.4 Å². The SMILES string of the molecule is CC(C)(C)OC(=O)N1CCC(N)CC1.Cn1c(C(=O)NC2CCNCC2)cc2cc(-c3cc(NCCCN4CCCCC4)c4cnccc4n3)ccc21.Cn1c(C(=O)O)cc2cc(-c3cc(NCCCN4CCCCC4)c4cnccc4n3)ccc21. The van der Waals surface area contributed by atoms with E-state index in [1.54, 1.807) is 35.0 Å². The van der Waals surface area contributed by atoms with Crippen LogP contribution in [0.3, 0.4) is 0 Å². The Kier molecular flexibility index (Phi) is 20.5. The molecule has 0 spiro atoms. The fourth-order valence-electron chi connectivity index (χ4n) is 12.2. The third-order valence-electron chi connectivity index (χ3n) is 17.0. The van der Waals surface area contributed by atoms with Crippen molar-refractivity contribution in [2.75, 3.05) is 89.2 Å². The van der Waals surface area contributed by atoms with Crippen LogP contribution in [-0.2, 0) is 18.8 Å². The third kappa shape index (κ3) is 15.8. The molecule has 19 heteroatoms. The van der Waals surface area contributed by atoms with Gasteiger partial charge in [-0.15, -0.1) is 0 Å². The van der Waals surface area contributed by atoms with E-state index in [9.17, 15) is 19.5 Å². The van der Waals surface area contributed by atoms with Gasteiger partial charge in [-0.05, 0) is 198 Å². The second-order valence-corrected chi connectivity index (χ2v) is 24.6. The average Bonchev–Trinajstić information content (AvgIpc) is 2.42. The highest BCUT2D eigenvalue weighted by Crippen LogP contribution is 2.33. The third-order valence-corrected chi connectivity index (χ3v) is 17.0. The first-order valence-electron chi connectivity index (χ1n) is 31.2. The van der Waals surface area contributed by atoms with Gasteiger partial charge in [-0.1, -0.05) is 25.0 Å². The van der Waals surface area contributed by atoms with Gasteiger partial charge in [0.2, 0.25) is 0 Å². The Labute approximate surface area is 505 Å². The Morgan fingerprint density at radius 3 is 1.62 bits per heavy atom. The molecule has 8 aromatic rings. The highest BCUT2D eigenvalue weighted by Gasteiger charge is 2.26. The number of aromatic nitrogens is 6. The number of carbonyl (C=O) groups excluding carboxylic acids is 2. The molecule has 0 radical (unpaired) electrons. The van der Waals surface area contributed by atoms with Gasteiger partial charge in [0.25, 0.3) is 5.91 Å². The van der Waals surface area contributed by atoms with E-state index < -0.39 is 11.6 Å². The van der Waals surface area contributed by atoms with Gasteiger partial charge in [-0.25, -0.2) is 19.6 Å². The first kappa shape index (κ1) is 61.4. The highest BCUT2D eigenvalue weighted by atomic mass is 16.6. The number of nitrogens with zero attached hydrogens (tertiary/aromatic N) is 9. The monoisotopic (exact) mass is 1170 g/mol. The minimum atomic E-state index is -0.928. The van der Waals surface area contributed by atoms with E-state index in [0.717, 1.165) is 168 Å². The maximum Gasteiger partial charge on any atom is 0.410 e. The van der Waals surface area contributed by atoms with Gasteiger partial charge in [0, 0.05) is 132 Å². The quantitative estimate of drug-likeness (QED) is 0.0525. The lowest BCUT2D eigenvalue weighted by Gasteiger charge is -2.32. The van der Waals surface area contributed by atoms with Gasteiger partial charge < -0.3 is 60.7 Å². The average molecular weight is 1170 g/mol. The van der Waals surface area contributed by atoms with Crippen molar-refractivity contribution < 1.29 is 24.2 Å². The summed E-state index contributed by atoms with van der Waals surface area (Å²) in [5.74, 6) is -0.933. The van der Waals surface area contributed by atoms with Gasteiger partial charge in [0.15, 0.2) is 0 Å². The zero-order valence-electron chi connectivity index (χ0n) is 51.0. The lowest BCUT2D eigenvalue weighted by molar-refractivity contribution is 0.0206. The van der Waals surface area contributed by atoms with E-state index in [1.807, 2.05) is 81.2 Å². The smallest absolute Gasteiger partial charge is 0.410 e. The number of likely N-dealkylation sites (tertiary alicyclic amines) is 3. The number of nitrogens with one attached hydrogen (secondary N) is 4. The second kappa shape index (κ2) is 28.7. The van der Waals surface area contributed by atoms with Crippen LogP contribution in [0, 0.1) is 0 Å². The number of amides is 2. The molecule has 4 aliphatic heterocycles. The summed E-state index contributed by atoms with van der Waals surface area (Å²) in [4.78, 5) is 61.6. The van der Waals surface area contributed by atoms with Crippen LogP contribution in [0.1, 0.15) is 119 Å². The molecule has 7 N–H and O–H groups in total. The molecule has 10 heterocycles. The molecule has 0 saturated carbocycles. The van der Waals surface area contributed by atoms with Crippen molar-refractivity contribution in [3.63, 3.8) is 0 Å². The van der Waals surface area contributed by atoms with Gasteiger partial charge in [0.05, 0.1) is 22.4 Å². The molecule has 456 valence electrons. The van der Waals surface area contributed by atoms with Crippen molar-refractivity contribution in [3.8, 4) is 22.5 Å². The Morgan fingerprint density at radius 1 is 0.640 bits per heavy atom. The predicted molar refractivity (Wildman–Crippen MR) is 345 cm³/mol. The Balaban J connectivity index is 0.000000158. The lowest BCUT2D eigenvalue weighted by atomic mass is 10.1. The molecule has 2 aromatic carbocycles. The summed E-state index contributed by atoms with van der Waals surface area (Å²) in [6.07, 6.45) is 21.0. The number of piperidine rings is 4. The number of aryl methyl sites for hydroxylation is 2. The number of benzene rings is 2.